The summed E-state index contributed by atoms with van der Waals surface area (Å²) >= 11 is 7.11. The summed E-state index contributed by atoms with van der Waals surface area (Å²) in [6.07, 6.45) is 6.06. The molecule has 0 radical (unpaired) electrons. The van der Waals surface area contributed by atoms with Crippen molar-refractivity contribution in [1.29, 1.82) is 0 Å². The van der Waals surface area contributed by atoms with Gasteiger partial charge >= 0.3 is 0 Å². The van der Waals surface area contributed by atoms with Gasteiger partial charge in [0.25, 0.3) is 5.91 Å². The van der Waals surface area contributed by atoms with Crippen LogP contribution in [0, 0.1) is 17.5 Å². The van der Waals surface area contributed by atoms with Gasteiger partial charge in [-0.15, -0.1) is 22.9 Å². The minimum absolute atomic E-state index is 0.00851. The van der Waals surface area contributed by atoms with Crippen LogP contribution in [-0.4, -0.2) is 76.9 Å². The van der Waals surface area contributed by atoms with E-state index in [1.165, 1.54) is 11.3 Å². The summed E-state index contributed by atoms with van der Waals surface area (Å²) in [6, 6.07) is 11.0. The Bertz CT molecular complexity index is 1930. The van der Waals surface area contributed by atoms with Crippen LogP contribution in [0.4, 0.5) is 18.9 Å². The number of unbranched alkanes of at least 4 members (excludes halogenated alkanes) is 3. The number of fused-ring (bicyclic) bond motifs is 2. The molecule has 50 heavy (non-hydrogen) atoms. The Morgan fingerprint density at radius 1 is 0.860 bits per heavy atom. The standard InChI is InChI=1S/C37H39ClF3N3O5S/c38-11-3-1-2-4-17-48-19-20-49-18-12-42-36(45)32-33(39)30(31(37(46)47)34(40)35(32)41)29-25-9-7-23(43-13-5-14-43)21-27(25)50-28-22-24(8-10-26(28)29)44-15-6-16-44/h7-10,21-22H,1-6,11-20H2,(H-,42,45,46,47). The van der Waals surface area contributed by atoms with E-state index in [9.17, 15) is 14.7 Å². The average molecular weight is 730 g/mol. The Morgan fingerprint density at radius 3 is 2.28 bits per heavy atom. The number of hydrogen-bond acceptors (Lipinski definition) is 7. The van der Waals surface area contributed by atoms with E-state index < -0.39 is 46.0 Å². The smallest absolute Gasteiger partial charge is 0.257 e. The van der Waals surface area contributed by atoms with Crippen molar-refractivity contribution >= 4 is 50.6 Å². The van der Waals surface area contributed by atoms with Crippen molar-refractivity contribution in [1.82, 2.24) is 9.89 Å². The fourth-order valence-corrected chi connectivity index (χ4v) is 7.61. The number of nitrogens with one attached hydrogen (secondary N) is 1. The third kappa shape index (κ3) is 7.63. The first-order valence-corrected chi connectivity index (χ1v) is 18.4. The number of nitrogens with zero attached hydrogens (tertiary/aromatic N) is 2. The first kappa shape index (κ1) is 36.1. The number of carbonyl (C=O) groups is 2. The van der Waals surface area contributed by atoms with Crippen molar-refractivity contribution in [2.24, 2.45) is 0 Å². The predicted octanol–water partition coefficient (Wildman–Crippen LogP) is 5.40. The maximum absolute atomic E-state index is 16.7. The van der Waals surface area contributed by atoms with Gasteiger partial charge in [-0.3, -0.25) is 4.79 Å². The lowest BCUT2D eigenvalue weighted by molar-refractivity contribution is -0.255. The van der Waals surface area contributed by atoms with Crippen LogP contribution in [0.2, 0.25) is 0 Å². The maximum atomic E-state index is 16.7. The third-order valence-electron chi connectivity index (χ3n) is 9.21. The number of carboxylic acids is 1. The molecule has 4 aliphatic rings. The number of amides is 1. The zero-order valence-corrected chi connectivity index (χ0v) is 29.2. The molecule has 0 unspecified atom stereocenters. The zero-order valence-electron chi connectivity index (χ0n) is 27.6. The Kier molecular flexibility index (Phi) is 11.9. The molecule has 266 valence electrons. The van der Waals surface area contributed by atoms with Gasteiger partial charge in [0.05, 0.1) is 32.2 Å². The van der Waals surface area contributed by atoms with E-state index in [0.717, 1.165) is 75.7 Å². The predicted molar refractivity (Wildman–Crippen MR) is 188 cm³/mol. The number of anilines is 1. The van der Waals surface area contributed by atoms with Crippen molar-refractivity contribution in [3.63, 3.8) is 0 Å². The summed E-state index contributed by atoms with van der Waals surface area (Å²) in [6.45, 7) is 4.58. The van der Waals surface area contributed by atoms with Crippen molar-refractivity contribution < 1.29 is 37.3 Å². The second-order valence-corrected chi connectivity index (χ2v) is 13.9. The lowest BCUT2D eigenvalue weighted by Crippen LogP contribution is -2.40. The van der Waals surface area contributed by atoms with Gasteiger partial charge in [-0.2, -0.15) is 0 Å². The summed E-state index contributed by atoms with van der Waals surface area (Å²) in [5.41, 5.74) is -1.80. The molecule has 3 heterocycles. The first-order valence-electron chi connectivity index (χ1n) is 17.1. The van der Waals surface area contributed by atoms with Crippen LogP contribution in [-0.2, 0) is 9.47 Å². The number of ether oxygens (including phenoxy) is 2. The van der Waals surface area contributed by atoms with E-state index in [4.69, 9.17) is 21.1 Å². The molecule has 0 atom stereocenters. The van der Waals surface area contributed by atoms with E-state index >= 15 is 13.2 Å². The van der Waals surface area contributed by atoms with Gasteiger partial charge in [0.1, 0.15) is 24.5 Å². The summed E-state index contributed by atoms with van der Waals surface area (Å²) in [5, 5.41) is 16.2. The van der Waals surface area contributed by atoms with Crippen LogP contribution in [0.3, 0.4) is 0 Å². The molecule has 13 heteroatoms. The number of halogens is 4. The molecule has 2 aromatic carbocycles. The molecule has 0 bridgehead atoms. The highest BCUT2D eigenvalue weighted by atomic mass is 35.5. The van der Waals surface area contributed by atoms with Crippen LogP contribution >= 0.6 is 22.9 Å². The molecule has 2 aromatic rings. The topological polar surface area (TPSA) is 93.9 Å². The fourth-order valence-electron chi connectivity index (χ4n) is 6.26. The van der Waals surface area contributed by atoms with Crippen LogP contribution in [0.1, 0.15) is 59.2 Å². The molecule has 6 rings (SSSR count). The zero-order chi connectivity index (χ0) is 35.2. The van der Waals surface area contributed by atoms with E-state index in [1.807, 2.05) is 24.3 Å². The molecular weight excluding hydrogens is 691 g/mol. The minimum atomic E-state index is -2.10. The summed E-state index contributed by atoms with van der Waals surface area (Å²) in [7, 11) is 0. The maximum Gasteiger partial charge on any atom is 0.257 e. The van der Waals surface area contributed by atoms with Gasteiger partial charge in [-0.1, -0.05) is 18.9 Å². The molecule has 1 aliphatic carbocycles. The SMILES string of the molecule is O=C(NCCOCCOCCCCCCCl)c1c(F)c(F)c(C(=O)[O-])c(-c2c3ccc(=[N+]4CCC4)cc-3sc3cc(N4CCC4)ccc23)c1F. The summed E-state index contributed by atoms with van der Waals surface area (Å²) in [5.74, 6) is -7.96. The number of rotatable bonds is 16. The van der Waals surface area contributed by atoms with Gasteiger partial charge in [-0.25, -0.2) is 17.7 Å². The van der Waals surface area contributed by atoms with Crippen molar-refractivity contribution in [2.75, 3.05) is 69.9 Å². The lowest BCUT2D eigenvalue weighted by Gasteiger charge is -2.33. The first-order chi connectivity index (χ1) is 24.3. The number of aromatic carboxylic acids is 1. The minimum Gasteiger partial charge on any atom is -0.545 e. The Hall–Kier alpha value is -3.71. The molecule has 2 fully saturated rings. The fraction of sp³-hybridized carbons (Fsp3) is 0.432. The number of hydrogen-bond donors (Lipinski definition) is 1. The highest BCUT2D eigenvalue weighted by Crippen LogP contribution is 2.47. The summed E-state index contributed by atoms with van der Waals surface area (Å²) in [4.78, 5) is 28.5. The van der Waals surface area contributed by atoms with Gasteiger partial charge in [0.2, 0.25) is 5.36 Å². The van der Waals surface area contributed by atoms with E-state index in [0.29, 0.717) is 39.6 Å². The highest BCUT2D eigenvalue weighted by molar-refractivity contribution is 7.21. The Morgan fingerprint density at radius 2 is 1.60 bits per heavy atom. The van der Waals surface area contributed by atoms with Crippen LogP contribution < -0.4 is 25.3 Å². The molecular formula is C37H39ClF3N3O5S. The average Bonchev–Trinajstić information content (AvgIpc) is 3.04. The Balaban J connectivity index is 1.31. The van der Waals surface area contributed by atoms with E-state index in [-0.39, 0.29) is 25.3 Å². The van der Waals surface area contributed by atoms with E-state index in [2.05, 4.69) is 14.8 Å². The van der Waals surface area contributed by atoms with Crippen LogP contribution in [0.25, 0.3) is 31.7 Å². The van der Waals surface area contributed by atoms with Crippen molar-refractivity contribution in [3.05, 3.63) is 70.3 Å². The molecule has 1 N–H and O–H groups in total. The second kappa shape index (κ2) is 16.5. The highest BCUT2D eigenvalue weighted by Gasteiger charge is 2.33. The molecule has 8 nitrogen and oxygen atoms in total. The monoisotopic (exact) mass is 729 g/mol. The lowest BCUT2D eigenvalue weighted by atomic mass is 9.89. The molecule has 3 aliphatic heterocycles. The quantitative estimate of drug-likeness (QED) is 0.0546. The molecule has 2 saturated heterocycles. The number of alkyl halides is 1. The Labute approximate surface area is 297 Å². The largest absolute Gasteiger partial charge is 0.545 e. The molecule has 0 aromatic heterocycles. The van der Waals surface area contributed by atoms with E-state index in [1.54, 1.807) is 12.1 Å². The molecule has 0 saturated carbocycles. The normalized spacial score (nSPS) is 14.2. The van der Waals surface area contributed by atoms with Crippen LogP contribution in [0.15, 0.2) is 36.4 Å². The van der Waals surface area contributed by atoms with Gasteiger partial charge < -0.3 is 29.6 Å². The van der Waals surface area contributed by atoms with Crippen molar-refractivity contribution in [2.45, 2.75) is 38.5 Å². The van der Waals surface area contributed by atoms with Crippen LogP contribution in [0.5, 0.6) is 0 Å². The molecule has 1 amide bonds. The second-order valence-electron chi connectivity index (χ2n) is 12.5. The molecule has 0 spiro atoms. The van der Waals surface area contributed by atoms with Gasteiger partial charge in [0, 0.05) is 87.2 Å². The number of carbonyl (C=O) groups excluding carboxylic acids is 2. The van der Waals surface area contributed by atoms with Crippen molar-refractivity contribution in [3.8, 4) is 21.6 Å². The van der Waals surface area contributed by atoms with Gasteiger partial charge in [0.15, 0.2) is 11.6 Å². The van der Waals surface area contributed by atoms with Gasteiger partial charge in [-0.05, 0) is 37.5 Å². The number of carboxylic acid groups (broad SMARTS) is 1. The third-order valence-corrected chi connectivity index (χ3v) is 10.6. The number of benzene rings is 3. The summed E-state index contributed by atoms with van der Waals surface area (Å²) < 4.78 is 61.7.